The van der Waals surface area contributed by atoms with Crippen molar-refractivity contribution < 1.29 is 4.92 Å². The lowest BCUT2D eigenvalue weighted by Crippen LogP contribution is -2.08. The lowest BCUT2D eigenvalue weighted by Gasteiger charge is -2.10. The van der Waals surface area contributed by atoms with Crippen molar-refractivity contribution in [3.05, 3.63) is 50.2 Å². The zero-order valence-corrected chi connectivity index (χ0v) is 12.1. The van der Waals surface area contributed by atoms with Gasteiger partial charge in [-0.3, -0.25) is 10.1 Å². The van der Waals surface area contributed by atoms with Gasteiger partial charge in [0.15, 0.2) is 0 Å². The Kier molecular flexibility index (Phi) is 3.48. The maximum absolute atomic E-state index is 10.9. The number of nitro groups is 1. The van der Waals surface area contributed by atoms with E-state index in [2.05, 4.69) is 24.2 Å². The summed E-state index contributed by atoms with van der Waals surface area (Å²) in [7, 11) is 0. The topological polar surface area (TPSA) is 87.0 Å². The first-order valence-electron chi connectivity index (χ1n) is 6.35. The van der Waals surface area contributed by atoms with Gasteiger partial charge in [0.1, 0.15) is 5.69 Å². The number of nitrogens with zero attached hydrogens (tertiary/aromatic N) is 3. The van der Waals surface area contributed by atoms with E-state index in [-0.39, 0.29) is 11.5 Å². The largest absolute Gasteiger partial charge is 0.378 e. The Balaban J connectivity index is 2.43. The number of hydrogen-bond acceptors (Lipinski definition) is 4. The first-order chi connectivity index (χ1) is 9.31. The van der Waals surface area contributed by atoms with Crippen molar-refractivity contribution >= 4 is 11.5 Å². The second kappa shape index (κ2) is 4.96. The highest BCUT2D eigenvalue weighted by Crippen LogP contribution is 2.26. The number of benzene rings is 1. The van der Waals surface area contributed by atoms with Gasteiger partial charge in [-0.15, -0.1) is 0 Å². The van der Waals surface area contributed by atoms with Gasteiger partial charge in [-0.25, -0.2) is 4.68 Å². The van der Waals surface area contributed by atoms with Gasteiger partial charge in [0.2, 0.25) is 5.82 Å². The molecule has 0 spiro atoms. The molecule has 2 aromatic rings. The minimum atomic E-state index is -0.485. The van der Waals surface area contributed by atoms with Crippen LogP contribution in [0, 0.1) is 37.8 Å². The Labute approximate surface area is 117 Å². The SMILES string of the molecule is Cc1cc(C)c(Cn2nc(C)c([N+](=O)[O-])c2N)cc1C. The Bertz CT molecular complexity index is 689. The van der Waals surface area contributed by atoms with Crippen LogP contribution in [0.5, 0.6) is 0 Å². The van der Waals surface area contributed by atoms with Crippen molar-refractivity contribution in [1.29, 1.82) is 0 Å². The van der Waals surface area contributed by atoms with Crippen LogP contribution in [0.15, 0.2) is 12.1 Å². The van der Waals surface area contributed by atoms with E-state index in [1.54, 1.807) is 6.92 Å². The molecule has 0 aliphatic carbocycles. The van der Waals surface area contributed by atoms with Gasteiger partial charge in [-0.2, -0.15) is 5.10 Å². The molecule has 0 fully saturated rings. The highest BCUT2D eigenvalue weighted by atomic mass is 16.6. The first-order valence-corrected chi connectivity index (χ1v) is 6.35. The highest BCUT2D eigenvalue weighted by molar-refractivity contribution is 5.56. The lowest BCUT2D eigenvalue weighted by atomic mass is 10.0. The zero-order chi connectivity index (χ0) is 15.0. The van der Waals surface area contributed by atoms with E-state index >= 15 is 0 Å². The second-order valence-electron chi connectivity index (χ2n) is 5.10. The normalized spacial score (nSPS) is 10.8. The summed E-state index contributed by atoms with van der Waals surface area (Å²) in [6.45, 7) is 8.15. The summed E-state index contributed by atoms with van der Waals surface area (Å²) in [5, 5.41) is 15.1. The quantitative estimate of drug-likeness (QED) is 0.688. The maximum atomic E-state index is 10.9. The van der Waals surface area contributed by atoms with Crippen LogP contribution in [-0.4, -0.2) is 14.7 Å². The van der Waals surface area contributed by atoms with Crippen LogP contribution < -0.4 is 5.73 Å². The maximum Gasteiger partial charge on any atom is 0.333 e. The molecule has 1 aromatic carbocycles. The van der Waals surface area contributed by atoms with Crippen LogP contribution in [0.2, 0.25) is 0 Å². The molecule has 0 saturated heterocycles. The van der Waals surface area contributed by atoms with Crippen molar-refractivity contribution in [2.45, 2.75) is 34.2 Å². The van der Waals surface area contributed by atoms with E-state index in [0.29, 0.717) is 12.2 Å². The third-order valence-electron chi connectivity index (χ3n) is 3.59. The molecule has 106 valence electrons. The summed E-state index contributed by atoms with van der Waals surface area (Å²) in [5.74, 6) is 0.102. The monoisotopic (exact) mass is 274 g/mol. The van der Waals surface area contributed by atoms with E-state index in [9.17, 15) is 10.1 Å². The third-order valence-corrected chi connectivity index (χ3v) is 3.59. The van der Waals surface area contributed by atoms with Crippen LogP contribution in [0.1, 0.15) is 27.9 Å². The lowest BCUT2D eigenvalue weighted by molar-refractivity contribution is -0.384. The molecular weight excluding hydrogens is 256 g/mol. The molecule has 0 amide bonds. The van der Waals surface area contributed by atoms with E-state index in [1.165, 1.54) is 15.8 Å². The molecule has 6 heteroatoms. The van der Waals surface area contributed by atoms with Gasteiger partial charge in [-0.05, 0) is 49.9 Å². The molecule has 0 saturated carbocycles. The molecule has 20 heavy (non-hydrogen) atoms. The van der Waals surface area contributed by atoms with Crippen molar-refractivity contribution in [3.8, 4) is 0 Å². The Morgan fingerprint density at radius 3 is 2.35 bits per heavy atom. The van der Waals surface area contributed by atoms with Crippen LogP contribution in [0.25, 0.3) is 0 Å². The second-order valence-corrected chi connectivity index (χ2v) is 5.10. The predicted octanol–water partition coefficient (Wildman–Crippen LogP) is 2.66. The van der Waals surface area contributed by atoms with Crippen molar-refractivity contribution in [2.75, 3.05) is 5.73 Å². The molecule has 0 aliphatic heterocycles. The average Bonchev–Trinajstić information content (AvgIpc) is 2.61. The minimum Gasteiger partial charge on any atom is -0.378 e. The van der Waals surface area contributed by atoms with Crippen molar-refractivity contribution in [2.24, 2.45) is 0 Å². The summed E-state index contributed by atoms with van der Waals surface area (Å²) < 4.78 is 1.49. The number of hydrogen-bond donors (Lipinski definition) is 1. The van der Waals surface area contributed by atoms with Gasteiger partial charge in [0, 0.05) is 0 Å². The van der Waals surface area contributed by atoms with Crippen LogP contribution in [0.3, 0.4) is 0 Å². The summed E-state index contributed by atoms with van der Waals surface area (Å²) in [5.41, 5.74) is 10.7. The Morgan fingerprint density at radius 2 is 1.80 bits per heavy atom. The van der Waals surface area contributed by atoms with Crippen LogP contribution >= 0.6 is 0 Å². The number of aromatic nitrogens is 2. The van der Waals surface area contributed by atoms with Crippen molar-refractivity contribution in [1.82, 2.24) is 9.78 Å². The highest BCUT2D eigenvalue weighted by Gasteiger charge is 2.23. The van der Waals surface area contributed by atoms with Gasteiger partial charge in [-0.1, -0.05) is 12.1 Å². The number of nitrogens with two attached hydrogens (primary N) is 1. The van der Waals surface area contributed by atoms with Gasteiger partial charge in [0.05, 0.1) is 11.5 Å². The molecule has 6 nitrogen and oxygen atoms in total. The molecule has 0 aliphatic rings. The number of rotatable bonds is 3. The number of anilines is 1. The minimum absolute atomic E-state index is 0.102. The molecule has 2 rings (SSSR count). The Hall–Kier alpha value is -2.37. The molecule has 0 radical (unpaired) electrons. The molecule has 0 unspecified atom stereocenters. The van der Waals surface area contributed by atoms with Crippen LogP contribution in [0.4, 0.5) is 11.5 Å². The summed E-state index contributed by atoms with van der Waals surface area (Å²) in [4.78, 5) is 10.5. The average molecular weight is 274 g/mol. The van der Waals surface area contributed by atoms with E-state index < -0.39 is 4.92 Å². The molecule has 2 N–H and O–H groups in total. The summed E-state index contributed by atoms with van der Waals surface area (Å²) in [6.07, 6.45) is 0. The molecule has 1 heterocycles. The molecule has 0 atom stereocenters. The fourth-order valence-corrected chi connectivity index (χ4v) is 2.29. The van der Waals surface area contributed by atoms with E-state index in [0.717, 1.165) is 11.1 Å². The first kappa shape index (κ1) is 14.0. The molecule has 1 aromatic heterocycles. The standard InChI is InChI=1S/C14H18N4O2/c1-8-5-10(3)12(6-9(8)2)7-17-14(15)13(18(19)20)11(4)16-17/h5-6H,7,15H2,1-4H3. The summed E-state index contributed by atoms with van der Waals surface area (Å²) >= 11 is 0. The number of aryl methyl sites for hydroxylation is 4. The van der Waals surface area contributed by atoms with Gasteiger partial charge < -0.3 is 5.73 Å². The molecular formula is C14H18N4O2. The third kappa shape index (κ3) is 2.36. The van der Waals surface area contributed by atoms with E-state index in [4.69, 9.17) is 5.73 Å². The number of nitrogen functional groups attached to an aromatic ring is 1. The molecule has 0 bridgehead atoms. The van der Waals surface area contributed by atoms with Gasteiger partial charge in [0.25, 0.3) is 0 Å². The van der Waals surface area contributed by atoms with E-state index in [1.807, 2.05) is 13.8 Å². The fraction of sp³-hybridized carbons (Fsp3) is 0.357. The van der Waals surface area contributed by atoms with Crippen molar-refractivity contribution in [3.63, 3.8) is 0 Å². The summed E-state index contributed by atoms with van der Waals surface area (Å²) in [6, 6.07) is 4.18. The predicted molar refractivity (Wildman–Crippen MR) is 77.8 cm³/mol. The smallest absolute Gasteiger partial charge is 0.333 e. The Morgan fingerprint density at radius 1 is 1.20 bits per heavy atom. The van der Waals surface area contributed by atoms with Crippen LogP contribution in [-0.2, 0) is 6.54 Å². The fourth-order valence-electron chi connectivity index (χ4n) is 2.29. The van der Waals surface area contributed by atoms with Gasteiger partial charge >= 0.3 is 5.69 Å². The zero-order valence-electron chi connectivity index (χ0n) is 12.1.